The number of aliphatic hydroxyl groups excluding tert-OH is 1. The molecule has 0 amide bonds. The lowest BCUT2D eigenvalue weighted by molar-refractivity contribution is 0.184. The first-order valence-corrected chi connectivity index (χ1v) is 11.7. The fourth-order valence-electron chi connectivity index (χ4n) is 3.39. The molecule has 32 heavy (non-hydrogen) atoms. The zero-order valence-electron chi connectivity index (χ0n) is 17.6. The van der Waals surface area contributed by atoms with Gasteiger partial charge in [0.25, 0.3) is 0 Å². The number of methoxy groups -OCH3 is 1. The number of sulfone groups is 1. The number of aliphatic hydroxyl groups is 1. The van der Waals surface area contributed by atoms with Crippen molar-refractivity contribution in [2.24, 2.45) is 0 Å². The fourth-order valence-corrected chi connectivity index (χ4v) is 4.73. The summed E-state index contributed by atoms with van der Waals surface area (Å²) in [6.07, 6.45) is 0. The van der Waals surface area contributed by atoms with Gasteiger partial charge in [0, 0.05) is 25.3 Å². The zero-order valence-corrected chi connectivity index (χ0v) is 18.4. The number of ether oxygens (including phenoxy) is 1. The summed E-state index contributed by atoms with van der Waals surface area (Å²) in [5.74, 6) is -1.61. The minimum Gasteiger partial charge on any atom is -0.394 e. The van der Waals surface area contributed by atoms with Crippen LogP contribution in [-0.4, -0.2) is 40.4 Å². The van der Waals surface area contributed by atoms with Gasteiger partial charge in [-0.1, -0.05) is 36.4 Å². The summed E-state index contributed by atoms with van der Waals surface area (Å²) in [6.45, 7) is 0.898. The van der Waals surface area contributed by atoms with Crippen molar-refractivity contribution in [2.75, 3.05) is 26.9 Å². The second-order valence-electron chi connectivity index (χ2n) is 7.33. The van der Waals surface area contributed by atoms with Crippen LogP contribution in [0.5, 0.6) is 0 Å². The predicted octanol–water partition coefficient (Wildman–Crippen LogP) is 3.88. The summed E-state index contributed by atoms with van der Waals surface area (Å²) in [7, 11) is -2.07. The van der Waals surface area contributed by atoms with Crippen LogP contribution in [0.3, 0.4) is 0 Å². The van der Waals surface area contributed by atoms with E-state index in [2.05, 4.69) is 5.32 Å². The molecule has 3 aromatic carbocycles. The number of rotatable bonds is 10. The highest BCUT2D eigenvalue weighted by atomic mass is 32.2. The summed E-state index contributed by atoms with van der Waals surface area (Å²) >= 11 is 0. The van der Waals surface area contributed by atoms with Crippen molar-refractivity contribution in [3.8, 4) is 11.1 Å². The third kappa shape index (κ3) is 5.98. The molecule has 170 valence electrons. The van der Waals surface area contributed by atoms with E-state index in [1.165, 1.54) is 30.3 Å². The minimum absolute atomic E-state index is 0.103. The summed E-state index contributed by atoms with van der Waals surface area (Å²) in [5.41, 5.74) is 2.01. The number of hydrogen-bond acceptors (Lipinski definition) is 5. The van der Waals surface area contributed by atoms with Gasteiger partial charge in [-0.2, -0.15) is 0 Å². The molecule has 0 saturated heterocycles. The van der Waals surface area contributed by atoms with Gasteiger partial charge in [-0.3, -0.25) is 0 Å². The Balaban J connectivity index is 1.77. The molecule has 3 rings (SSSR count). The molecule has 0 aromatic heterocycles. The maximum atomic E-state index is 14.0. The number of benzene rings is 3. The first kappa shape index (κ1) is 24.0. The molecule has 0 bridgehead atoms. The maximum absolute atomic E-state index is 14.0. The van der Waals surface area contributed by atoms with E-state index < -0.39 is 21.5 Å². The average molecular weight is 462 g/mol. The normalized spacial score (nSPS) is 12.6. The van der Waals surface area contributed by atoms with Gasteiger partial charge in [0.1, 0.15) is 11.6 Å². The Morgan fingerprint density at radius 3 is 2.44 bits per heavy atom. The standard InChI is InChI=1S/C24H25F2NO4S/c1-31-12-11-27-24(15-28)19-4-2-3-17(13-19)16-32(29,30)21-8-5-18(6-9-21)22-10-7-20(25)14-23(22)26/h2-10,13-14,24,27-28H,11-12,15-16H2,1H3. The van der Waals surface area contributed by atoms with E-state index in [0.717, 1.165) is 17.7 Å². The van der Waals surface area contributed by atoms with Gasteiger partial charge in [0.15, 0.2) is 9.84 Å². The van der Waals surface area contributed by atoms with Gasteiger partial charge in [-0.15, -0.1) is 0 Å². The molecule has 3 aromatic rings. The highest BCUT2D eigenvalue weighted by molar-refractivity contribution is 7.90. The van der Waals surface area contributed by atoms with E-state index in [0.29, 0.717) is 24.3 Å². The van der Waals surface area contributed by atoms with Crippen molar-refractivity contribution in [3.63, 3.8) is 0 Å². The van der Waals surface area contributed by atoms with Crippen molar-refractivity contribution in [2.45, 2.75) is 16.7 Å². The third-order valence-electron chi connectivity index (χ3n) is 5.05. The molecule has 0 fully saturated rings. The molecule has 2 N–H and O–H groups in total. The van der Waals surface area contributed by atoms with Crippen LogP contribution >= 0.6 is 0 Å². The summed E-state index contributed by atoms with van der Waals surface area (Å²) in [4.78, 5) is 0.103. The van der Waals surface area contributed by atoms with Crippen molar-refractivity contribution in [1.29, 1.82) is 0 Å². The van der Waals surface area contributed by atoms with E-state index in [-0.39, 0.29) is 28.9 Å². The summed E-state index contributed by atoms with van der Waals surface area (Å²) in [5, 5.41) is 12.8. The fraction of sp³-hybridized carbons (Fsp3) is 0.250. The second kappa shape index (κ2) is 10.8. The van der Waals surface area contributed by atoms with Gasteiger partial charge in [0.2, 0.25) is 0 Å². The van der Waals surface area contributed by atoms with Crippen LogP contribution < -0.4 is 5.32 Å². The molecule has 8 heteroatoms. The summed E-state index contributed by atoms with van der Waals surface area (Å²) < 4.78 is 58.0. The highest BCUT2D eigenvalue weighted by Gasteiger charge is 2.18. The Bertz CT molecular complexity index is 1150. The molecule has 0 heterocycles. The van der Waals surface area contributed by atoms with Crippen LogP contribution in [0.1, 0.15) is 17.2 Å². The maximum Gasteiger partial charge on any atom is 0.182 e. The predicted molar refractivity (Wildman–Crippen MR) is 119 cm³/mol. The van der Waals surface area contributed by atoms with Crippen LogP contribution in [0.15, 0.2) is 71.6 Å². The van der Waals surface area contributed by atoms with Gasteiger partial charge >= 0.3 is 0 Å². The van der Waals surface area contributed by atoms with Crippen LogP contribution in [-0.2, 0) is 20.3 Å². The zero-order chi connectivity index (χ0) is 23.1. The topological polar surface area (TPSA) is 75.6 Å². The van der Waals surface area contributed by atoms with Crippen molar-refractivity contribution in [1.82, 2.24) is 5.32 Å². The summed E-state index contributed by atoms with van der Waals surface area (Å²) in [6, 6.07) is 15.8. The number of nitrogens with one attached hydrogen (secondary N) is 1. The Morgan fingerprint density at radius 2 is 1.78 bits per heavy atom. The van der Waals surface area contributed by atoms with Crippen LogP contribution in [0, 0.1) is 11.6 Å². The van der Waals surface area contributed by atoms with Crippen molar-refractivity contribution in [3.05, 3.63) is 89.5 Å². The largest absolute Gasteiger partial charge is 0.394 e. The monoisotopic (exact) mass is 461 g/mol. The molecule has 0 aliphatic carbocycles. The van der Waals surface area contributed by atoms with Crippen LogP contribution in [0.2, 0.25) is 0 Å². The second-order valence-corrected chi connectivity index (χ2v) is 9.32. The average Bonchev–Trinajstić information content (AvgIpc) is 2.77. The highest BCUT2D eigenvalue weighted by Crippen LogP contribution is 2.26. The van der Waals surface area contributed by atoms with E-state index in [9.17, 15) is 22.3 Å². The first-order chi connectivity index (χ1) is 15.3. The Labute approximate surface area is 186 Å². The van der Waals surface area contributed by atoms with Crippen LogP contribution in [0.25, 0.3) is 11.1 Å². The first-order valence-electron chi connectivity index (χ1n) is 10.0. The molecule has 1 atom stereocenters. The van der Waals surface area contributed by atoms with Gasteiger partial charge in [-0.25, -0.2) is 17.2 Å². The molecular formula is C24H25F2NO4S. The molecule has 0 saturated carbocycles. The molecular weight excluding hydrogens is 436 g/mol. The van der Waals surface area contributed by atoms with Gasteiger partial charge in [-0.05, 0) is 41.0 Å². The van der Waals surface area contributed by atoms with E-state index >= 15 is 0 Å². The third-order valence-corrected chi connectivity index (χ3v) is 6.75. The number of hydrogen-bond donors (Lipinski definition) is 2. The lowest BCUT2D eigenvalue weighted by Crippen LogP contribution is -2.27. The van der Waals surface area contributed by atoms with E-state index in [1.807, 2.05) is 6.07 Å². The minimum atomic E-state index is -3.66. The van der Waals surface area contributed by atoms with E-state index in [4.69, 9.17) is 4.74 Å². The lowest BCUT2D eigenvalue weighted by Gasteiger charge is -2.17. The van der Waals surface area contributed by atoms with Crippen molar-refractivity contribution >= 4 is 9.84 Å². The lowest BCUT2D eigenvalue weighted by atomic mass is 10.1. The SMILES string of the molecule is COCCNC(CO)c1cccc(CS(=O)(=O)c2ccc(-c3ccc(F)cc3F)cc2)c1. The smallest absolute Gasteiger partial charge is 0.182 e. The van der Waals surface area contributed by atoms with Crippen molar-refractivity contribution < 1.29 is 27.0 Å². The molecule has 0 aliphatic heterocycles. The molecule has 0 radical (unpaired) electrons. The molecule has 0 aliphatic rings. The Morgan fingerprint density at radius 1 is 1.03 bits per heavy atom. The molecule has 1 unspecified atom stereocenters. The van der Waals surface area contributed by atoms with E-state index in [1.54, 1.807) is 25.3 Å². The van der Waals surface area contributed by atoms with Gasteiger partial charge < -0.3 is 15.2 Å². The molecule has 5 nitrogen and oxygen atoms in total. The quantitative estimate of drug-likeness (QED) is 0.448. The van der Waals surface area contributed by atoms with Crippen LogP contribution in [0.4, 0.5) is 8.78 Å². The number of halogens is 2. The molecule has 0 spiro atoms. The Kier molecular flexibility index (Phi) is 8.09. The Hall–Kier alpha value is -2.65. The van der Waals surface area contributed by atoms with Gasteiger partial charge in [0.05, 0.1) is 29.9 Å².